The number of hydrogen-bond acceptors (Lipinski definition) is 6. The predicted molar refractivity (Wildman–Crippen MR) is 86.8 cm³/mol. The average Bonchev–Trinajstić information content (AvgIpc) is 2.55. The molecule has 2 rings (SSSR count). The van der Waals surface area contributed by atoms with Gasteiger partial charge in [-0.1, -0.05) is 6.92 Å². The highest BCUT2D eigenvalue weighted by Gasteiger charge is 2.13. The fourth-order valence-corrected chi connectivity index (χ4v) is 2.15. The first-order chi connectivity index (χ1) is 11.1. The van der Waals surface area contributed by atoms with Gasteiger partial charge in [-0.3, -0.25) is 19.1 Å². The zero-order valence-electron chi connectivity index (χ0n) is 13.5. The Morgan fingerprint density at radius 1 is 1.35 bits per heavy atom. The third kappa shape index (κ3) is 3.94. The Labute approximate surface area is 134 Å². The first-order valence-electron chi connectivity index (χ1n) is 7.49. The van der Waals surface area contributed by atoms with E-state index in [1.165, 1.54) is 4.57 Å². The lowest BCUT2D eigenvalue weighted by Crippen LogP contribution is -2.29. The number of anilines is 2. The number of carbonyl (C=O) groups is 1. The van der Waals surface area contributed by atoms with E-state index in [4.69, 9.17) is 4.74 Å². The van der Waals surface area contributed by atoms with Crippen LogP contribution in [0.5, 0.6) is 0 Å². The smallest absolute Gasteiger partial charge is 0.326 e. The quantitative estimate of drug-likeness (QED) is 0.818. The van der Waals surface area contributed by atoms with Crippen molar-refractivity contribution in [2.75, 3.05) is 11.9 Å². The van der Waals surface area contributed by atoms with Gasteiger partial charge in [-0.15, -0.1) is 0 Å². The van der Waals surface area contributed by atoms with Crippen LogP contribution in [0.15, 0.2) is 29.3 Å². The van der Waals surface area contributed by atoms with Gasteiger partial charge in [0.2, 0.25) is 0 Å². The van der Waals surface area contributed by atoms with Gasteiger partial charge in [0.25, 0.3) is 5.56 Å². The van der Waals surface area contributed by atoms with Crippen molar-refractivity contribution < 1.29 is 9.53 Å². The molecule has 0 atom stereocenters. The average molecular weight is 316 g/mol. The number of aryl methyl sites for hydroxylation is 2. The molecule has 0 aliphatic rings. The van der Waals surface area contributed by atoms with Crippen molar-refractivity contribution in [1.82, 2.24) is 14.5 Å². The molecule has 0 aliphatic carbocycles. The molecule has 0 amide bonds. The third-order valence-corrected chi connectivity index (χ3v) is 3.32. The molecule has 2 aromatic rings. The van der Waals surface area contributed by atoms with Crippen LogP contribution in [0.1, 0.15) is 25.2 Å². The fraction of sp³-hybridized carbons (Fsp3) is 0.375. The van der Waals surface area contributed by atoms with Gasteiger partial charge in [-0.05, 0) is 32.4 Å². The topological polar surface area (TPSA) is 86.1 Å². The molecule has 1 N–H and O–H groups in total. The summed E-state index contributed by atoms with van der Waals surface area (Å²) in [6.07, 6.45) is 3.97. The number of pyridine rings is 1. The predicted octanol–water partition coefficient (Wildman–Crippen LogP) is 1.82. The molecule has 0 bridgehead atoms. The van der Waals surface area contributed by atoms with Crippen molar-refractivity contribution in [3.05, 3.63) is 46.3 Å². The van der Waals surface area contributed by atoms with Gasteiger partial charge in [0.1, 0.15) is 6.54 Å². The second-order valence-electron chi connectivity index (χ2n) is 4.92. The van der Waals surface area contributed by atoms with Crippen molar-refractivity contribution in [3.8, 4) is 0 Å². The van der Waals surface area contributed by atoms with E-state index in [2.05, 4.69) is 15.3 Å². The minimum atomic E-state index is -0.453. The van der Waals surface area contributed by atoms with Crippen LogP contribution in [0.3, 0.4) is 0 Å². The standard InChI is InChI=1S/C16H20N4O3/c1-4-12-13(7-6-8-17-12)19-15-16(22)20(11(3)9-18-15)10-14(21)23-5-2/h6-9H,4-5,10H2,1-3H3,(H,18,19). The maximum atomic E-state index is 12.5. The first kappa shape index (κ1) is 16.7. The summed E-state index contributed by atoms with van der Waals surface area (Å²) in [6.45, 7) is 5.57. The lowest BCUT2D eigenvalue weighted by atomic mass is 10.2. The number of esters is 1. The van der Waals surface area contributed by atoms with Crippen LogP contribution in [-0.2, 0) is 22.5 Å². The van der Waals surface area contributed by atoms with E-state index in [1.54, 1.807) is 32.3 Å². The highest BCUT2D eigenvalue weighted by Crippen LogP contribution is 2.16. The lowest BCUT2D eigenvalue weighted by molar-refractivity contribution is -0.143. The molecule has 23 heavy (non-hydrogen) atoms. The molecule has 0 radical (unpaired) electrons. The Bertz CT molecular complexity index is 755. The molecule has 7 heteroatoms. The number of nitrogens with one attached hydrogen (secondary N) is 1. The van der Waals surface area contributed by atoms with Crippen molar-refractivity contribution >= 4 is 17.5 Å². The van der Waals surface area contributed by atoms with E-state index in [0.29, 0.717) is 5.69 Å². The number of carbonyl (C=O) groups excluding carboxylic acids is 1. The van der Waals surface area contributed by atoms with Gasteiger partial charge in [-0.2, -0.15) is 0 Å². The molecule has 0 saturated heterocycles. The monoisotopic (exact) mass is 316 g/mol. The summed E-state index contributed by atoms with van der Waals surface area (Å²) in [5, 5.41) is 3.01. The number of nitrogens with zero attached hydrogens (tertiary/aromatic N) is 3. The van der Waals surface area contributed by atoms with Crippen molar-refractivity contribution in [1.29, 1.82) is 0 Å². The second kappa shape index (κ2) is 7.53. The molecule has 0 spiro atoms. The summed E-state index contributed by atoms with van der Waals surface area (Å²) >= 11 is 0. The zero-order valence-corrected chi connectivity index (χ0v) is 13.5. The lowest BCUT2D eigenvalue weighted by Gasteiger charge is -2.13. The first-order valence-corrected chi connectivity index (χ1v) is 7.49. The maximum absolute atomic E-state index is 12.5. The second-order valence-corrected chi connectivity index (χ2v) is 4.92. The highest BCUT2D eigenvalue weighted by atomic mass is 16.5. The molecular formula is C16H20N4O3. The molecule has 0 unspecified atom stereocenters. The van der Waals surface area contributed by atoms with Gasteiger partial charge in [0.15, 0.2) is 5.82 Å². The third-order valence-electron chi connectivity index (χ3n) is 3.32. The summed E-state index contributed by atoms with van der Waals surface area (Å²) in [5.74, 6) is -0.298. The minimum Gasteiger partial charge on any atom is -0.465 e. The summed E-state index contributed by atoms with van der Waals surface area (Å²) in [5.41, 5.74) is 1.79. The fourth-order valence-electron chi connectivity index (χ4n) is 2.15. The summed E-state index contributed by atoms with van der Waals surface area (Å²) in [6, 6.07) is 3.62. The molecule has 0 aliphatic heterocycles. The Morgan fingerprint density at radius 2 is 2.13 bits per heavy atom. The molecule has 2 aromatic heterocycles. The van der Waals surface area contributed by atoms with E-state index < -0.39 is 5.97 Å². The van der Waals surface area contributed by atoms with Gasteiger partial charge >= 0.3 is 5.97 Å². The minimum absolute atomic E-state index is 0.136. The normalized spacial score (nSPS) is 10.4. The van der Waals surface area contributed by atoms with Crippen LogP contribution in [0.2, 0.25) is 0 Å². The number of hydrogen-bond donors (Lipinski definition) is 1. The zero-order chi connectivity index (χ0) is 16.8. The molecule has 7 nitrogen and oxygen atoms in total. The largest absolute Gasteiger partial charge is 0.465 e. The van der Waals surface area contributed by atoms with Gasteiger partial charge in [0, 0.05) is 18.1 Å². The van der Waals surface area contributed by atoms with Crippen LogP contribution >= 0.6 is 0 Å². The number of rotatable bonds is 6. The van der Waals surface area contributed by atoms with Crippen LogP contribution < -0.4 is 10.9 Å². The summed E-state index contributed by atoms with van der Waals surface area (Å²) in [4.78, 5) is 32.6. The van der Waals surface area contributed by atoms with E-state index in [0.717, 1.165) is 17.8 Å². The Kier molecular flexibility index (Phi) is 5.46. The van der Waals surface area contributed by atoms with E-state index >= 15 is 0 Å². The van der Waals surface area contributed by atoms with Crippen LogP contribution in [0.25, 0.3) is 0 Å². The van der Waals surface area contributed by atoms with Crippen LogP contribution in [-0.4, -0.2) is 27.1 Å². The Hall–Kier alpha value is -2.70. The van der Waals surface area contributed by atoms with Gasteiger partial charge in [-0.25, -0.2) is 4.98 Å². The van der Waals surface area contributed by atoms with Crippen molar-refractivity contribution in [2.45, 2.75) is 33.7 Å². The summed E-state index contributed by atoms with van der Waals surface area (Å²) in [7, 11) is 0. The number of aromatic nitrogens is 3. The maximum Gasteiger partial charge on any atom is 0.326 e. The van der Waals surface area contributed by atoms with E-state index in [1.807, 2.05) is 13.0 Å². The van der Waals surface area contributed by atoms with Gasteiger partial charge in [0.05, 0.1) is 18.0 Å². The molecule has 0 fully saturated rings. The van der Waals surface area contributed by atoms with Gasteiger partial charge < -0.3 is 10.1 Å². The van der Waals surface area contributed by atoms with Crippen molar-refractivity contribution in [2.24, 2.45) is 0 Å². The summed E-state index contributed by atoms with van der Waals surface area (Å²) < 4.78 is 6.24. The van der Waals surface area contributed by atoms with Crippen molar-refractivity contribution in [3.63, 3.8) is 0 Å². The molecule has 2 heterocycles. The molecule has 0 saturated carbocycles. The Morgan fingerprint density at radius 3 is 2.83 bits per heavy atom. The van der Waals surface area contributed by atoms with E-state index in [-0.39, 0.29) is 24.5 Å². The Balaban J connectivity index is 2.34. The molecule has 0 aromatic carbocycles. The number of ether oxygens (including phenoxy) is 1. The highest BCUT2D eigenvalue weighted by molar-refractivity contribution is 5.69. The molecule has 122 valence electrons. The molecular weight excluding hydrogens is 296 g/mol. The van der Waals surface area contributed by atoms with E-state index in [9.17, 15) is 9.59 Å². The van der Waals surface area contributed by atoms with Crippen LogP contribution in [0, 0.1) is 6.92 Å². The SMILES string of the molecule is CCOC(=O)Cn1c(C)cnc(Nc2cccnc2CC)c1=O. The van der Waals surface area contributed by atoms with Crippen LogP contribution in [0.4, 0.5) is 11.5 Å².